The predicted molar refractivity (Wildman–Crippen MR) is 74.8 cm³/mol. The van der Waals surface area contributed by atoms with E-state index in [0.29, 0.717) is 4.90 Å². The Balaban J connectivity index is 3.08. The van der Waals surface area contributed by atoms with Gasteiger partial charge in [0, 0.05) is 24.1 Å². The molecule has 0 atom stereocenters. The van der Waals surface area contributed by atoms with Crippen LogP contribution in [0.4, 0.5) is 17.6 Å². The molecule has 0 aromatic heterocycles. The Kier molecular flexibility index (Phi) is 5.92. The van der Waals surface area contributed by atoms with Gasteiger partial charge in [0.25, 0.3) is 5.91 Å². The van der Waals surface area contributed by atoms with Crippen molar-refractivity contribution in [3.8, 4) is 0 Å². The zero-order valence-electron chi connectivity index (χ0n) is 11.7. The molecule has 1 aromatic rings. The predicted octanol–water partition coefficient (Wildman–Crippen LogP) is 2.68. The molecule has 0 radical (unpaired) electrons. The van der Waals surface area contributed by atoms with E-state index in [1.807, 2.05) is 0 Å². The van der Waals surface area contributed by atoms with E-state index < -0.39 is 36.9 Å². The van der Waals surface area contributed by atoms with Gasteiger partial charge in [0.15, 0.2) is 0 Å². The number of halogens is 5. The summed E-state index contributed by atoms with van der Waals surface area (Å²) in [6.07, 6.45) is -4.67. The lowest BCUT2D eigenvalue weighted by Crippen LogP contribution is -2.44. The Bertz CT molecular complexity index is 555. The van der Waals surface area contributed by atoms with Gasteiger partial charge in [0.2, 0.25) is 5.91 Å². The first kappa shape index (κ1) is 18.4. The summed E-state index contributed by atoms with van der Waals surface area (Å²) >= 11 is 2.96. The largest absolute Gasteiger partial charge is 0.406 e. The molecule has 0 aliphatic carbocycles. The van der Waals surface area contributed by atoms with Crippen LogP contribution in [0.1, 0.15) is 10.4 Å². The van der Waals surface area contributed by atoms with E-state index in [9.17, 15) is 27.2 Å². The summed E-state index contributed by atoms with van der Waals surface area (Å²) in [6, 6.07) is 3.07. The number of carbonyl (C=O) groups excluding carboxylic acids is 2. The van der Waals surface area contributed by atoms with Crippen LogP contribution in [0.25, 0.3) is 0 Å². The van der Waals surface area contributed by atoms with Crippen molar-refractivity contribution in [2.45, 2.75) is 6.18 Å². The molecule has 0 N–H and O–H groups in total. The molecule has 0 heterocycles. The summed E-state index contributed by atoms with van der Waals surface area (Å²) in [4.78, 5) is 25.1. The molecular formula is C13H13BrF4N2O2. The van der Waals surface area contributed by atoms with Crippen LogP contribution in [0.5, 0.6) is 0 Å². The monoisotopic (exact) mass is 384 g/mol. The van der Waals surface area contributed by atoms with E-state index in [1.54, 1.807) is 0 Å². The second-order valence-corrected chi connectivity index (χ2v) is 5.64. The molecule has 1 aromatic carbocycles. The number of amides is 2. The van der Waals surface area contributed by atoms with Crippen molar-refractivity contribution in [3.05, 3.63) is 34.1 Å². The second-order valence-electron chi connectivity index (χ2n) is 4.72. The molecule has 0 spiro atoms. The van der Waals surface area contributed by atoms with E-state index >= 15 is 0 Å². The zero-order chi connectivity index (χ0) is 17.1. The fourth-order valence-corrected chi connectivity index (χ4v) is 2.05. The van der Waals surface area contributed by atoms with Crippen molar-refractivity contribution in [1.29, 1.82) is 0 Å². The number of hydrogen-bond donors (Lipinski definition) is 0. The molecule has 22 heavy (non-hydrogen) atoms. The maximum absolute atomic E-state index is 13.3. The van der Waals surface area contributed by atoms with Gasteiger partial charge in [-0.05, 0) is 18.2 Å². The second kappa shape index (κ2) is 7.08. The number of rotatable bonds is 4. The van der Waals surface area contributed by atoms with E-state index in [1.165, 1.54) is 20.2 Å². The van der Waals surface area contributed by atoms with Crippen LogP contribution in [0, 0.1) is 5.82 Å². The first-order valence-electron chi connectivity index (χ1n) is 6.02. The molecule has 1 rings (SSSR count). The first-order valence-corrected chi connectivity index (χ1v) is 6.81. The average molecular weight is 385 g/mol. The number of alkyl halides is 3. The van der Waals surface area contributed by atoms with Crippen LogP contribution in [-0.2, 0) is 4.79 Å². The van der Waals surface area contributed by atoms with Gasteiger partial charge >= 0.3 is 6.18 Å². The van der Waals surface area contributed by atoms with Crippen LogP contribution in [0.3, 0.4) is 0 Å². The molecule has 122 valence electrons. The fraction of sp³-hybridized carbons (Fsp3) is 0.385. The minimum atomic E-state index is -4.67. The highest BCUT2D eigenvalue weighted by Crippen LogP contribution is 2.20. The Morgan fingerprint density at radius 1 is 1.18 bits per heavy atom. The smallest absolute Gasteiger partial charge is 0.347 e. The van der Waals surface area contributed by atoms with Gasteiger partial charge in [0.05, 0.1) is 0 Å². The maximum atomic E-state index is 13.3. The lowest BCUT2D eigenvalue weighted by Gasteiger charge is -2.25. The standard InChI is InChI=1S/C13H13BrF4N2O2/c1-19(2)11(21)6-20(7-13(16,17)18)12(22)8-3-9(14)5-10(15)4-8/h3-5H,6-7H2,1-2H3. The Morgan fingerprint density at radius 3 is 2.23 bits per heavy atom. The minimum Gasteiger partial charge on any atom is -0.347 e. The maximum Gasteiger partial charge on any atom is 0.406 e. The van der Waals surface area contributed by atoms with Gasteiger partial charge in [-0.3, -0.25) is 9.59 Å². The summed E-state index contributed by atoms with van der Waals surface area (Å²) in [5, 5.41) is 0. The van der Waals surface area contributed by atoms with Crippen molar-refractivity contribution >= 4 is 27.7 Å². The minimum absolute atomic E-state index is 0.210. The third kappa shape index (κ3) is 5.63. The van der Waals surface area contributed by atoms with E-state index in [4.69, 9.17) is 0 Å². The van der Waals surface area contributed by atoms with Gasteiger partial charge in [-0.2, -0.15) is 13.2 Å². The molecule has 0 aliphatic heterocycles. The van der Waals surface area contributed by atoms with E-state index in [2.05, 4.69) is 15.9 Å². The Morgan fingerprint density at radius 2 is 1.77 bits per heavy atom. The molecule has 0 aliphatic rings. The molecule has 0 saturated heterocycles. The van der Waals surface area contributed by atoms with Crippen LogP contribution < -0.4 is 0 Å². The topological polar surface area (TPSA) is 40.6 Å². The van der Waals surface area contributed by atoms with Crippen LogP contribution in [0.15, 0.2) is 22.7 Å². The molecule has 0 bridgehead atoms. The van der Waals surface area contributed by atoms with Crippen molar-refractivity contribution in [2.24, 2.45) is 0 Å². The van der Waals surface area contributed by atoms with E-state index in [-0.39, 0.29) is 10.0 Å². The first-order chi connectivity index (χ1) is 9.99. The van der Waals surface area contributed by atoms with Crippen LogP contribution in [-0.4, -0.2) is 55.0 Å². The Labute approximate surface area is 132 Å². The quantitative estimate of drug-likeness (QED) is 0.748. The van der Waals surface area contributed by atoms with Gasteiger partial charge in [-0.15, -0.1) is 0 Å². The Hall–Kier alpha value is -1.64. The SMILES string of the molecule is CN(C)C(=O)CN(CC(F)(F)F)C(=O)c1cc(F)cc(Br)c1. The van der Waals surface area contributed by atoms with Crippen LogP contribution in [0.2, 0.25) is 0 Å². The number of likely N-dealkylation sites (N-methyl/N-ethyl adjacent to an activating group) is 1. The molecule has 9 heteroatoms. The molecule has 0 saturated carbocycles. The normalized spacial score (nSPS) is 11.2. The fourth-order valence-electron chi connectivity index (χ4n) is 1.58. The zero-order valence-corrected chi connectivity index (χ0v) is 13.3. The van der Waals surface area contributed by atoms with Gasteiger partial charge in [-0.1, -0.05) is 15.9 Å². The number of hydrogen-bond acceptors (Lipinski definition) is 2. The molecule has 0 unspecified atom stereocenters. The summed E-state index contributed by atoms with van der Waals surface area (Å²) in [7, 11) is 2.72. The summed E-state index contributed by atoms with van der Waals surface area (Å²) < 4.78 is 51.3. The molecular weight excluding hydrogens is 372 g/mol. The molecule has 2 amide bonds. The molecule has 4 nitrogen and oxygen atoms in total. The van der Waals surface area contributed by atoms with Gasteiger partial charge in [0.1, 0.15) is 18.9 Å². The summed E-state index contributed by atoms with van der Waals surface area (Å²) in [6.45, 7) is -2.35. The van der Waals surface area contributed by atoms with E-state index in [0.717, 1.165) is 17.0 Å². The van der Waals surface area contributed by atoms with Crippen molar-refractivity contribution in [2.75, 3.05) is 27.2 Å². The number of carbonyl (C=O) groups is 2. The van der Waals surface area contributed by atoms with Crippen molar-refractivity contribution in [1.82, 2.24) is 9.80 Å². The average Bonchev–Trinajstić information content (AvgIpc) is 2.34. The number of benzene rings is 1. The highest BCUT2D eigenvalue weighted by molar-refractivity contribution is 9.10. The third-order valence-corrected chi connectivity index (χ3v) is 3.05. The summed E-state index contributed by atoms with van der Waals surface area (Å²) in [5.41, 5.74) is -0.275. The van der Waals surface area contributed by atoms with Crippen molar-refractivity contribution < 1.29 is 27.2 Å². The van der Waals surface area contributed by atoms with Gasteiger partial charge in [-0.25, -0.2) is 4.39 Å². The van der Waals surface area contributed by atoms with Gasteiger partial charge < -0.3 is 9.80 Å². The van der Waals surface area contributed by atoms with Crippen LogP contribution >= 0.6 is 15.9 Å². The summed E-state index contributed by atoms with van der Waals surface area (Å²) in [5.74, 6) is -2.52. The lowest BCUT2D eigenvalue weighted by molar-refractivity contribution is -0.146. The van der Waals surface area contributed by atoms with Crippen molar-refractivity contribution in [3.63, 3.8) is 0 Å². The lowest BCUT2D eigenvalue weighted by atomic mass is 10.2. The third-order valence-electron chi connectivity index (χ3n) is 2.59. The number of nitrogens with zero attached hydrogens (tertiary/aromatic N) is 2. The highest BCUT2D eigenvalue weighted by Gasteiger charge is 2.34. The molecule has 0 fully saturated rings. The highest BCUT2D eigenvalue weighted by atomic mass is 79.9.